The van der Waals surface area contributed by atoms with Gasteiger partial charge < -0.3 is 14.6 Å². The van der Waals surface area contributed by atoms with Crippen molar-refractivity contribution in [2.45, 2.75) is 33.4 Å². The second kappa shape index (κ2) is 7.05. The molecule has 5 heteroatoms. The van der Waals surface area contributed by atoms with Gasteiger partial charge in [-0.1, -0.05) is 6.07 Å². The number of ether oxygens (including phenoxy) is 1. The maximum absolute atomic E-state index is 5.09. The van der Waals surface area contributed by atoms with Crippen molar-refractivity contribution < 1.29 is 4.74 Å². The molecule has 0 spiro atoms. The lowest BCUT2D eigenvalue weighted by Gasteiger charge is -2.09. The summed E-state index contributed by atoms with van der Waals surface area (Å²) >= 11 is 0. The van der Waals surface area contributed by atoms with Crippen molar-refractivity contribution in [2.75, 3.05) is 19.0 Å². The summed E-state index contributed by atoms with van der Waals surface area (Å²) in [4.78, 5) is 8.99. The Morgan fingerprint density at radius 1 is 1.20 bits per heavy atom. The van der Waals surface area contributed by atoms with E-state index in [4.69, 9.17) is 4.74 Å². The average Bonchev–Trinajstić information content (AvgIpc) is 2.77. The molecule has 0 fully saturated rings. The Balaban J connectivity index is 1.98. The molecule has 0 aliphatic carbocycles. The van der Waals surface area contributed by atoms with E-state index < -0.39 is 0 Å². The van der Waals surface area contributed by atoms with E-state index in [-0.39, 0.29) is 0 Å². The minimum absolute atomic E-state index is 0.683. The van der Waals surface area contributed by atoms with Crippen molar-refractivity contribution in [3.8, 4) is 0 Å². The molecular weight excluding hydrogens is 252 g/mol. The lowest BCUT2D eigenvalue weighted by Crippen LogP contribution is -2.09. The van der Waals surface area contributed by atoms with Crippen molar-refractivity contribution in [2.24, 2.45) is 0 Å². The van der Waals surface area contributed by atoms with Crippen LogP contribution >= 0.6 is 0 Å². The number of nitrogens with zero attached hydrogens (tertiary/aromatic N) is 3. The smallest absolute Gasteiger partial charge is 0.203 e. The molecule has 0 saturated carbocycles. The average molecular weight is 274 g/mol. The standard InChI is InChI=1S/C15H22N4O/c1-12-6-4-7-14(17-12)10-16-15-18-13(2)11-19(15)8-5-9-20-3/h4,6-7,11H,5,8-10H2,1-3H3,(H,16,18). The highest BCUT2D eigenvalue weighted by atomic mass is 16.5. The predicted octanol–water partition coefficient (Wildman–Crippen LogP) is 2.54. The fourth-order valence-electron chi connectivity index (χ4n) is 2.11. The molecule has 0 bridgehead atoms. The van der Waals surface area contributed by atoms with Gasteiger partial charge in [0.25, 0.3) is 0 Å². The molecular formula is C15H22N4O. The van der Waals surface area contributed by atoms with Gasteiger partial charge in [-0.15, -0.1) is 0 Å². The molecule has 0 amide bonds. The summed E-state index contributed by atoms with van der Waals surface area (Å²) in [6.45, 7) is 6.35. The van der Waals surface area contributed by atoms with Gasteiger partial charge in [0.1, 0.15) is 0 Å². The van der Waals surface area contributed by atoms with Gasteiger partial charge in [-0.25, -0.2) is 4.98 Å². The third-order valence-electron chi connectivity index (χ3n) is 3.02. The van der Waals surface area contributed by atoms with Gasteiger partial charge in [0.05, 0.1) is 17.9 Å². The van der Waals surface area contributed by atoms with Crippen LogP contribution in [0.1, 0.15) is 23.5 Å². The Morgan fingerprint density at radius 2 is 2.05 bits per heavy atom. The first-order valence-electron chi connectivity index (χ1n) is 6.88. The van der Waals surface area contributed by atoms with Crippen molar-refractivity contribution in [1.29, 1.82) is 0 Å². The summed E-state index contributed by atoms with van der Waals surface area (Å²) in [7, 11) is 1.72. The van der Waals surface area contributed by atoms with Gasteiger partial charge in [-0.3, -0.25) is 4.98 Å². The zero-order valence-corrected chi connectivity index (χ0v) is 12.4. The first-order valence-corrected chi connectivity index (χ1v) is 6.88. The summed E-state index contributed by atoms with van der Waals surface area (Å²) < 4.78 is 7.22. The van der Waals surface area contributed by atoms with Crippen LogP contribution < -0.4 is 5.32 Å². The van der Waals surface area contributed by atoms with Gasteiger partial charge in [-0.05, 0) is 32.4 Å². The fraction of sp³-hybridized carbons (Fsp3) is 0.467. The third-order valence-corrected chi connectivity index (χ3v) is 3.02. The largest absolute Gasteiger partial charge is 0.385 e. The monoisotopic (exact) mass is 274 g/mol. The summed E-state index contributed by atoms with van der Waals surface area (Å²) in [5, 5.41) is 3.35. The van der Waals surface area contributed by atoms with E-state index in [1.165, 1.54) is 0 Å². The summed E-state index contributed by atoms with van der Waals surface area (Å²) in [6, 6.07) is 6.04. The van der Waals surface area contributed by atoms with Crippen LogP contribution in [0.3, 0.4) is 0 Å². The van der Waals surface area contributed by atoms with Crippen LogP contribution in [0.5, 0.6) is 0 Å². The van der Waals surface area contributed by atoms with E-state index in [2.05, 4.69) is 26.0 Å². The van der Waals surface area contributed by atoms with Crippen LogP contribution in [0.4, 0.5) is 5.95 Å². The van der Waals surface area contributed by atoms with E-state index in [0.717, 1.165) is 42.6 Å². The zero-order valence-electron chi connectivity index (χ0n) is 12.4. The number of aryl methyl sites for hydroxylation is 3. The van der Waals surface area contributed by atoms with Crippen LogP contribution in [-0.2, 0) is 17.8 Å². The van der Waals surface area contributed by atoms with E-state index in [1.54, 1.807) is 7.11 Å². The minimum Gasteiger partial charge on any atom is -0.385 e. The lowest BCUT2D eigenvalue weighted by molar-refractivity contribution is 0.190. The molecule has 2 aromatic rings. The molecule has 2 aromatic heterocycles. The van der Waals surface area contributed by atoms with Crippen molar-refractivity contribution in [3.63, 3.8) is 0 Å². The Morgan fingerprint density at radius 3 is 2.80 bits per heavy atom. The molecule has 5 nitrogen and oxygen atoms in total. The molecule has 0 aliphatic rings. The number of methoxy groups -OCH3 is 1. The highest BCUT2D eigenvalue weighted by Crippen LogP contribution is 2.11. The number of pyridine rings is 1. The Hall–Kier alpha value is -1.88. The number of anilines is 1. The molecule has 2 heterocycles. The van der Waals surface area contributed by atoms with Gasteiger partial charge >= 0.3 is 0 Å². The van der Waals surface area contributed by atoms with Crippen LogP contribution in [0.15, 0.2) is 24.4 Å². The van der Waals surface area contributed by atoms with Gasteiger partial charge in [0, 0.05) is 32.2 Å². The third kappa shape index (κ3) is 4.06. The SMILES string of the molecule is COCCCn1cc(C)nc1NCc1cccc(C)n1. The van der Waals surface area contributed by atoms with E-state index in [1.807, 2.05) is 32.0 Å². The second-order valence-corrected chi connectivity index (χ2v) is 4.87. The summed E-state index contributed by atoms with van der Waals surface area (Å²) in [6.07, 6.45) is 3.03. The number of rotatable bonds is 7. The normalized spacial score (nSPS) is 10.8. The van der Waals surface area contributed by atoms with Crippen LogP contribution in [0.2, 0.25) is 0 Å². The lowest BCUT2D eigenvalue weighted by atomic mass is 10.3. The van der Waals surface area contributed by atoms with Crippen molar-refractivity contribution in [3.05, 3.63) is 41.5 Å². The van der Waals surface area contributed by atoms with E-state index in [0.29, 0.717) is 6.54 Å². The maximum atomic E-state index is 5.09. The van der Waals surface area contributed by atoms with Gasteiger partial charge in [-0.2, -0.15) is 0 Å². The Kier molecular flexibility index (Phi) is 5.12. The Labute approximate surface area is 120 Å². The van der Waals surface area contributed by atoms with E-state index >= 15 is 0 Å². The van der Waals surface area contributed by atoms with Crippen molar-refractivity contribution in [1.82, 2.24) is 14.5 Å². The first-order chi connectivity index (χ1) is 9.69. The molecule has 2 rings (SSSR count). The van der Waals surface area contributed by atoms with Crippen molar-refractivity contribution >= 4 is 5.95 Å². The molecule has 20 heavy (non-hydrogen) atoms. The van der Waals surface area contributed by atoms with Gasteiger partial charge in [0.2, 0.25) is 5.95 Å². The number of hydrogen-bond acceptors (Lipinski definition) is 4. The molecule has 0 saturated heterocycles. The molecule has 0 aromatic carbocycles. The number of hydrogen-bond donors (Lipinski definition) is 1. The topological polar surface area (TPSA) is 52.0 Å². The van der Waals surface area contributed by atoms with E-state index in [9.17, 15) is 0 Å². The quantitative estimate of drug-likeness (QED) is 0.788. The first kappa shape index (κ1) is 14.5. The van der Waals surface area contributed by atoms with Crippen LogP contribution in [-0.4, -0.2) is 28.3 Å². The zero-order chi connectivity index (χ0) is 14.4. The van der Waals surface area contributed by atoms with Crippen LogP contribution in [0.25, 0.3) is 0 Å². The number of nitrogens with one attached hydrogen (secondary N) is 1. The summed E-state index contributed by atoms with van der Waals surface area (Å²) in [5.74, 6) is 0.891. The highest BCUT2D eigenvalue weighted by Gasteiger charge is 2.05. The second-order valence-electron chi connectivity index (χ2n) is 4.87. The number of aromatic nitrogens is 3. The maximum Gasteiger partial charge on any atom is 0.203 e. The molecule has 0 unspecified atom stereocenters. The molecule has 1 N–H and O–H groups in total. The summed E-state index contributed by atoms with van der Waals surface area (Å²) in [5.41, 5.74) is 3.07. The molecule has 0 aliphatic heterocycles. The number of imidazole rings is 1. The van der Waals surface area contributed by atoms with Crippen LogP contribution in [0, 0.1) is 13.8 Å². The van der Waals surface area contributed by atoms with Gasteiger partial charge in [0.15, 0.2) is 0 Å². The fourth-order valence-corrected chi connectivity index (χ4v) is 2.11. The predicted molar refractivity (Wildman–Crippen MR) is 79.8 cm³/mol. The molecule has 0 radical (unpaired) electrons. The Bertz CT molecular complexity index is 551. The minimum atomic E-state index is 0.683. The molecule has 0 atom stereocenters. The highest BCUT2D eigenvalue weighted by molar-refractivity contribution is 5.30. The molecule has 108 valence electrons.